The topological polar surface area (TPSA) is 38.7 Å². The lowest BCUT2D eigenvalue weighted by atomic mass is 9.68. The maximum Gasteiger partial charge on any atom is 0.164 e. The smallest absolute Gasteiger partial charge is 0.164 e. The second-order valence-electron chi connectivity index (χ2n) is 14.7. The van der Waals surface area contributed by atoms with E-state index in [-0.39, 0.29) is 0 Å². The van der Waals surface area contributed by atoms with Crippen molar-refractivity contribution in [3.8, 4) is 67.5 Å². The molecule has 2 aliphatic rings. The number of nitrogens with zero attached hydrogens (tertiary/aromatic N) is 3. The number of fused-ring (bicyclic) bond motifs is 13. The fraction of sp³-hybridized carbons (Fsp3) is 0.0192. The predicted octanol–water partition coefficient (Wildman–Crippen LogP) is 13.3. The Kier molecular flexibility index (Phi) is 6.72. The first-order valence-electron chi connectivity index (χ1n) is 19.0. The molecule has 8 aromatic carbocycles. The van der Waals surface area contributed by atoms with Crippen LogP contribution in [0, 0.1) is 0 Å². The van der Waals surface area contributed by atoms with Crippen LogP contribution in [-0.4, -0.2) is 15.0 Å². The second-order valence-corrected chi connectivity index (χ2v) is 15.8. The summed E-state index contributed by atoms with van der Waals surface area (Å²) < 4.78 is 2.50. The van der Waals surface area contributed by atoms with Crippen LogP contribution in [0.3, 0.4) is 0 Å². The largest absolute Gasteiger partial charge is 0.208 e. The van der Waals surface area contributed by atoms with Crippen LogP contribution in [0.4, 0.5) is 0 Å². The maximum absolute atomic E-state index is 5.21. The summed E-state index contributed by atoms with van der Waals surface area (Å²) >= 11 is 1.80. The molecule has 2 heterocycles. The molecule has 0 N–H and O–H groups in total. The minimum absolute atomic E-state index is 0.447. The normalized spacial score (nSPS) is 13.1. The number of thiophene rings is 1. The number of hydrogen-bond acceptors (Lipinski definition) is 4. The summed E-state index contributed by atoms with van der Waals surface area (Å²) in [4.78, 5) is 15.4. The Morgan fingerprint density at radius 1 is 0.321 bits per heavy atom. The van der Waals surface area contributed by atoms with Gasteiger partial charge in [-0.05, 0) is 73.8 Å². The van der Waals surface area contributed by atoms with Gasteiger partial charge in [0.25, 0.3) is 0 Å². The fourth-order valence-electron chi connectivity index (χ4n) is 9.44. The first-order chi connectivity index (χ1) is 27.8. The number of benzene rings is 8. The van der Waals surface area contributed by atoms with Crippen LogP contribution in [-0.2, 0) is 5.41 Å². The molecule has 0 saturated carbocycles. The minimum atomic E-state index is -0.447. The molecule has 0 saturated heterocycles. The first-order valence-corrected chi connectivity index (χ1v) is 19.8. The molecular formula is C52H31N3S. The third-order valence-electron chi connectivity index (χ3n) is 11.7. The van der Waals surface area contributed by atoms with Crippen molar-refractivity contribution < 1.29 is 0 Å². The summed E-state index contributed by atoms with van der Waals surface area (Å²) in [5.74, 6) is 1.96. The van der Waals surface area contributed by atoms with Crippen molar-refractivity contribution in [3.63, 3.8) is 0 Å². The molecule has 12 rings (SSSR count). The molecule has 0 unspecified atom stereocenters. The van der Waals surface area contributed by atoms with Crippen molar-refractivity contribution >= 4 is 31.5 Å². The minimum Gasteiger partial charge on any atom is -0.208 e. The van der Waals surface area contributed by atoms with E-state index < -0.39 is 5.41 Å². The highest BCUT2D eigenvalue weighted by Crippen LogP contribution is 2.64. The third kappa shape index (κ3) is 4.42. The Labute approximate surface area is 328 Å². The summed E-state index contributed by atoms with van der Waals surface area (Å²) in [5.41, 5.74) is 15.3. The molecule has 2 aliphatic carbocycles. The zero-order chi connectivity index (χ0) is 36.8. The van der Waals surface area contributed by atoms with Gasteiger partial charge in [0.1, 0.15) is 0 Å². The van der Waals surface area contributed by atoms with Gasteiger partial charge in [-0.25, -0.2) is 15.0 Å². The van der Waals surface area contributed by atoms with Crippen LogP contribution < -0.4 is 0 Å². The average Bonchev–Trinajstić information content (AvgIpc) is 3.90. The van der Waals surface area contributed by atoms with Gasteiger partial charge in [0, 0.05) is 36.9 Å². The Bertz CT molecular complexity index is 3150. The third-order valence-corrected chi connectivity index (χ3v) is 12.9. The van der Waals surface area contributed by atoms with E-state index in [2.05, 4.69) is 170 Å². The van der Waals surface area contributed by atoms with Crippen molar-refractivity contribution in [3.05, 3.63) is 210 Å². The van der Waals surface area contributed by atoms with E-state index in [9.17, 15) is 0 Å². The van der Waals surface area contributed by atoms with E-state index in [4.69, 9.17) is 15.0 Å². The quantitative estimate of drug-likeness (QED) is 0.181. The second kappa shape index (κ2) is 12.0. The highest BCUT2D eigenvalue weighted by Gasteiger charge is 2.52. The average molecular weight is 730 g/mol. The van der Waals surface area contributed by atoms with Crippen molar-refractivity contribution in [1.82, 2.24) is 15.0 Å². The SMILES string of the molecule is c1ccc(-c2nc(-c3cccc(-c4cccc5c4C4(c6ccccc6-c6ccccc64)c4ccccc4-5)c3)nc(-c3ccc4c(c3)sc3ccccc34)n2)cc1. The summed E-state index contributed by atoms with van der Waals surface area (Å²) in [7, 11) is 0. The van der Waals surface area contributed by atoms with Gasteiger partial charge in [-0.1, -0.05) is 170 Å². The van der Waals surface area contributed by atoms with Gasteiger partial charge in [0.15, 0.2) is 17.5 Å². The summed E-state index contributed by atoms with van der Waals surface area (Å²) in [6, 6.07) is 67.9. The summed E-state index contributed by atoms with van der Waals surface area (Å²) in [5, 5.41) is 2.53. The van der Waals surface area contributed by atoms with Gasteiger partial charge in [0.05, 0.1) is 5.41 Å². The molecule has 56 heavy (non-hydrogen) atoms. The van der Waals surface area contributed by atoms with E-state index in [1.807, 2.05) is 18.2 Å². The molecule has 0 radical (unpaired) electrons. The maximum atomic E-state index is 5.21. The van der Waals surface area contributed by atoms with Crippen LogP contribution in [0.2, 0.25) is 0 Å². The van der Waals surface area contributed by atoms with Gasteiger partial charge >= 0.3 is 0 Å². The highest BCUT2D eigenvalue weighted by atomic mass is 32.1. The summed E-state index contributed by atoms with van der Waals surface area (Å²) in [6.07, 6.45) is 0. The van der Waals surface area contributed by atoms with E-state index >= 15 is 0 Å². The lowest BCUT2D eigenvalue weighted by Crippen LogP contribution is -2.26. The van der Waals surface area contributed by atoms with E-state index in [0.717, 1.165) is 22.3 Å². The molecule has 10 aromatic rings. The van der Waals surface area contributed by atoms with E-state index in [1.165, 1.54) is 70.2 Å². The van der Waals surface area contributed by atoms with Gasteiger partial charge in [-0.2, -0.15) is 0 Å². The van der Waals surface area contributed by atoms with E-state index in [0.29, 0.717) is 17.5 Å². The highest BCUT2D eigenvalue weighted by molar-refractivity contribution is 7.25. The van der Waals surface area contributed by atoms with Crippen molar-refractivity contribution in [2.75, 3.05) is 0 Å². The van der Waals surface area contributed by atoms with Gasteiger partial charge in [-0.15, -0.1) is 11.3 Å². The molecule has 1 spiro atoms. The molecule has 260 valence electrons. The standard InChI is InChI=1S/C52H31N3S/c1-2-14-32(15-3-1)49-53-50(55-51(54-49)35-28-29-41-40-21-7-11-27-46(40)56-47(41)31-35)34-17-12-16-33(30-34)36-22-13-23-42-39-20-6-10-26-45(39)52(48(36)42)43-24-8-4-18-37(43)38-19-5-9-25-44(38)52/h1-31H. The number of aromatic nitrogens is 3. The molecule has 0 bridgehead atoms. The van der Waals surface area contributed by atoms with Crippen LogP contribution >= 0.6 is 11.3 Å². The molecule has 3 nitrogen and oxygen atoms in total. The first kappa shape index (κ1) is 31.4. The molecular weight excluding hydrogens is 699 g/mol. The summed E-state index contributed by atoms with van der Waals surface area (Å²) in [6.45, 7) is 0. The molecule has 4 heteroatoms. The zero-order valence-corrected chi connectivity index (χ0v) is 31.0. The lowest BCUT2D eigenvalue weighted by Gasteiger charge is -2.32. The number of hydrogen-bond donors (Lipinski definition) is 0. The zero-order valence-electron chi connectivity index (χ0n) is 30.1. The molecule has 2 aromatic heterocycles. The Balaban J connectivity index is 1.06. The molecule has 0 fully saturated rings. The van der Waals surface area contributed by atoms with Crippen LogP contribution in [0.25, 0.3) is 87.7 Å². The van der Waals surface area contributed by atoms with Gasteiger partial charge in [0.2, 0.25) is 0 Å². The van der Waals surface area contributed by atoms with Crippen molar-refractivity contribution in [2.24, 2.45) is 0 Å². The van der Waals surface area contributed by atoms with Crippen molar-refractivity contribution in [1.29, 1.82) is 0 Å². The Morgan fingerprint density at radius 2 is 0.804 bits per heavy atom. The van der Waals surface area contributed by atoms with Gasteiger partial charge < -0.3 is 0 Å². The molecule has 0 aliphatic heterocycles. The lowest BCUT2D eigenvalue weighted by molar-refractivity contribution is 0.796. The van der Waals surface area contributed by atoms with Crippen molar-refractivity contribution in [2.45, 2.75) is 5.41 Å². The Hall–Kier alpha value is -7.01. The Morgan fingerprint density at radius 3 is 1.52 bits per heavy atom. The van der Waals surface area contributed by atoms with E-state index in [1.54, 1.807) is 11.3 Å². The monoisotopic (exact) mass is 729 g/mol. The number of rotatable bonds is 4. The fourth-order valence-corrected chi connectivity index (χ4v) is 10.6. The van der Waals surface area contributed by atoms with Crippen LogP contribution in [0.1, 0.15) is 22.3 Å². The van der Waals surface area contributed by atoms with Crippen LogP contribution in [0.15, 0.2) is 188 Å². The van der Waals surface area contributed by atoms with Gasteiger partial charge in [-0.3, -0.25) is 0 Å². The van der Waals surface area contributed by atoms with Crippen LogP contribution in [0.5, 0.6) is 0 Å². The predicted molar refractivity (Wildman–Crippen MR) is 231 cm³/mol. The molecule has 0 amide bonds. The molecule has 0 atom stereocenters.